The Morgan fingerprint density at radius 1 is 1.43 bits per heavy atom. The van der Waals surface area contributed by atoms with Crippen LogP contribution < -0.4 is 5.32 Å². The number of nitrogens with one attached hydrogen (secondary N) is 1. The van der Waals surface area contributed by atoms with Crippen molar-refractivity contribution in [2.75, 3.05) is 25.2 Å². The van der Waals surface area contributed by atoms with Gasteiger partial charge in [-0.05, 0) is 32.6 Å². The molecule has 7 nitrogen and oxygen atoms in total. The third-order valence-corrected chi connectivity index (χ3v) is 4.08. The zero-order chi connectivity index (χ0) is 16.8. The highest BCUT2D eigenvalue weighted by molar-refractivity contribution is 7.99. The molecular weight excluding hydrogens is 338 g/mol. The van der Waals surface area contributed by atoms with Crippen molar-refractivity contribution in [2.24, 2.45) is 0 Å². The zero-order valence-corrected chi connectivity index (χ0v) is 14.7. The predicted molar refractivity (Wildman–Crippen MR) is 89.6 cm³/mol. The second-order valence-corrected chi connectivity index (χ2v) is 6.36. The summed E-state index contributed by atoms with van der Waals surface area (Å²) in [5.41, 5.74) is 0. The second-order valence-electron chi connectivity index (χ2n) is 4.99. The third-order valence-electron chi connectivity index (χ3n) is 3.04. The van der Waals surface area contributed by atoms with Gasteiger partial charge in [-0.25, -0.2) is 4.98 Å². The van der Waals surface area contributed by atoms with Gasteiger partial charge in [0.15, 0.2) is 0 Å². The third kappa shape index (κ3) is 5.19. The van der Waals surface area contributed by atoms with E-state index in [1.165, 1.54) is 18.0 Å². The quantitative estimate of drug-likeness (QED) is 0.764. The van der Waals surface area contributed by atoms with E-state index in [-0.39, 0.29) is 17.7 Å². The molecule has 0 fully saturated rings. The SMILES string of the molecule is CC[C@H](c1nnc(SCC(=O)Nc2ccc(Cl)cn2)o1)N(C)C. The highest BCUT2D eigenvalue weighted by Gasteiger charge is 2.19. The number of halogens is 1. The van der Waals surface area contributed by atoms with Crippen LogP contribution in [0, 0.1) is 0 Å². The molecule has 0 aromatic carbocycles. The molecule has 0 radical (unpaired) electrons. The Hall–Kier alpha value is -1.64. The first-order chi connectivity index (χ1) is 11.0. The molecular formula is C14H18ClN5O2S. The Kier molecular flexibility index (Phi) is 6.37. The van der Waals surface area contributed by atoms with Gasteiger partial charge in [-0.1, -0.05) is 30.3 Å². The van der Waals surface area contributed by atoms with Crippen molar-refractivity contribution < 1.29 is 9.21 Å². The molecule has 0 spiro atoms. The summed E-state index contributed by atoms with van der Waals surface area (Å²) in [4.78, 5) is 17.9. The minimum Gasteiger partial charge on any atom is -0.414 e. The van der Waals surface area contributed by atoms with Crippen LogP contribution in [-0.4, -0.2) is 45.8 Å². The van der Waals surface area contributed by atoms with Crippen LogP contribution in [0.3, 0.4) is 0 Å². The van der Waals surface area contributed by atoms with E-state index in [4.69, 9.17) is 16.0 Å². The summed E-state index contributed by atoms with van der Waals surface area (Å²) >= 11 is 6.93. The minimum absolute atomic E-state index is 0.0731. The van der Waals surface area contributed by atoms with Gasteiger partial charge < -0.3 is 9.73 Å². The molecule has 1 amide bonds. The van der Waals surface area contributed by atoms with Crippen LogP contribution in [0.2, 0.25) is 5.02 Å². The largest absolute Gasteiger partial charge is 0.414 e. The first kappa shape index (κ1) is 17.7. The molecule has 2 heterocycles. The fourth-order valence-electron chi connectivity index (χ4n) is 1.93. The molecule has 0 aliphatic heterocycles. The first-order valence-electron chi connectivity index (χ1n) is 7.03. The van der Waals surface area contributed by atoms with Crippen LogP contribution in [0.4, 0.5) is 5.82 Å². The van der Waals surface area contributed by atoms with Crippen LogP contribution >= 0.6 is 23.4 Å². The summed E-state index contributed by atoms with van der Waals surface area (Å²) < 4.78 is 5.60. The topological polar surface area (TPSA) is 84.2 Å². The van der Waals surface area contributed by atoms with Crippen LogP contribution in [0.5, 0.6) is 0 Å². The maximum Gasteiger partial charge on any atom is 0.277 e. The van der Waals surface area contributed by atoms with Gasteiger partial charge in [0.25, 0.3) is 5.22 Å². The molecule has 0 bridgehead atoms. The molecule has 9 heteroatoms. The van der Waals surface area contributed by atoms with Gasteiger partial charge in [-0.2, -0.15) is 0 Å². The van der Waals surface area contributed by atoms with Crippen molar-refractivity contribution in [1.82, 2.24) is 20.1 Å². The number of thioether (sulfide) groups is 1. The van der Waals surface area contributed by atoms with Crippen LogP contribution in [0.15, 0.2) is 28.0 Å². The van der Waals surface area contributed by atoms with Crippen molar-refractivity contribution in [2.45, 2.75) is 24.6 Å². The maximum absolute atomic E-state index is 11.9. The summed E-state index contributed by atoms with van der Waals surface area (Å²) in [5.74, 6) is 0.957. The lowest BCUT2D eigenvalue weighted by Crippen LogP contribution is -2.19. The number of nitrogens with zero attached hydrogens (tertiary/aromatic N) is 4. The van der Waals surface area contributed by atoms with Crippen molar-refractivity contribution in [3.05, 3.63) is 29.2 Å². The standard InChI is InChI=1S/C14H18ClN5O2S/c1-4-10(20(2)3)13-18-19-14(22-13)23-8-12(21)17-11-6-5-9(15)7-16-11/h5-7,10H,4,8H2,1-3H3,(H,16,17,21)/t10-/m1/s1. The number of hydrogen-bond acceptors (Lipinski definition) is 7. The highest BCUT2D eigenvalue weighted by atomic mass is 35.5. The predicted octanol–water partition coefficient (Wildman–Crippen LogP) is 2.86. The number of aromatic nitrogens is 3. The highest BCUT2D eigenvalue weighted by Crippen LogP contribution is 2.24. The molecule has 1 atom stereocenters. The molecule has 1 N–H and O–H groups in total. The van der Waals surface area contributed by atoms with Crippen molar-refractivity contribution in [1.29, 1.82) is 0 Å². The van der Waals surface area contributed by atoms with Gasteiger partial charge in [0.1, 0.15) is 5.82 Å². The van der Waals surface area contributed by atoms with Crippen LogP contribution in [0.25, 0.3) is 0 Å². The Bertz CT molecular complexity index is 647. The van der Waals surface area contributed by atoms with E-state index in [1.54, 1.807) is 12.1 Å². The summed E-state index contributed by atoms with van der Waals surface area (Å²) in [6, 6.07) is 3.37. The fourth-order valence-corrected chi connectivity index (χ4v) is 2.61. The second kappa shape index (κ2) is 8.28. The number of pyridine rings is 1. The van der Waals surface area contributed by atoms with Crippen LogP contribution in [-0.2, 0) is 4.79 Å². The molecule has 0 aliphatic carbocycles. The Morgan fingerprint density at radius 3 is 2.83 bits per heavy atom. The van der Waals surface area contributed by atoms with Crippen molar-refractivity contribution >= 4 is 35.1 Å². The van der Waals surface area contributed by atoms with Gasteiger partial charge in [-0.3, -0.25) is 9.69 Å². The molecule has 2 rings (SSSR count). The lowest BCUT2D eigenvalue weighted by molar-refractivity contribution is -0.113. The van der Waals surface area contributed by atoms with E-state index in [2.05, 4.69) is 20.5 Å². The normalized spacial score (nSPS) is 12.4. The number of carbonyl (C=O) groups is 1. The van der Waals surface area contributed by atoms with E-state index in [0.717, 1.165) is 6.42 Å². The van der Waals surface area contributed by atoms with Gasteiger partial charge in [0.2, 0.25) is 11.8 Å². The van der Waals surface area contributed by atoms with Crippen molar-refractivity contribution in [3.8, 4) is 0 Å². The van der Waals surface area contributed by atoms with E-state index >= 15 is 0 Å². The summed E-state index contributed by atoms with van der Waals surface area (Å²) in [6.45, 7) is 2.05. The fraction of sp³-hybridized carbons (Fsp3) is 0.429. The molecule has 0 saturated heterocycles. The first-order valence-corrected chi connectivity index (χ1v) is 8.40. The van der Waals surface area contributed by atoms with E-state index in [0.29, 0.717) is 22.0 Å². The molecule has 2 aromatic heterocycles. The van der Waals surface area contributed by atoms with Gasteiger partial charge >= 0.3 is 0 Å². The molecule has 2 aromatic rings. The summed E-state index contributed by atoms with van der Waals surface area (Å²) in [5, 5.41) is 11.6. The van der Waals surface area contributed by atoms with E-state index < -0.39 is 0 Å². The lowest BCUT2D eigenvalue weighted by Gasteiger charge is -2.18. The van der Waals surface area contributed by atoms with Crippen molar-refractivity contribution in [3.63, 3.8) is 0 Å². The zero-order valence-electron chi connectivity index (χ0n) is 13.1. The van der Waals surface area contributed by atoms with Crippen LogP contribution in [0.1, 0.15) is 25.3 Å². The average Bonchev–Trinajstić information content (AvgIpc) is 2.96. The molecule has 0 saturated carbocycles. The Balaban J connectivity index is 1.87. The van der Waals surface area contributed by atoms with Gasteiger partial charge in [0.05, 0.1) is 16.8 Å². The number of amides is 1. The molecule has 0 aliphatic rings. The van der Waals surface area contributed by atoms with Gasteiger partial charge in [-0.15, -0.1) is 10.2 Å². The van der Waals surface area contributed by atoms with E-state index in [1.807, 2.05) is 25.9 Å². The Morgan fingerprint density at radius 2 is 2.22 bits per heavy atom. The number of rotatable bonds is 7. The number of carbonyl (C=O) groups excluding carboxylic acids is 1. The molecule has 0 unspecified atom stereocenters. The number of hydrogen-bond donors (Lipinski definition) is 1. The summed E-state index contributed by atoms with van der Waals surface area (Å²) in [7, 11) is 3.91. The minimum atomic E-state index is -0.204. The monoisotopic (exact) mass is 355 g/mol. The molecule has 124 valence electrons. The van der Waals surface area contributed by atoms with E-state index in [9.17, 15) is 4.79 Å². The maximum atomic E-state index is 11.9. The average molecular weight is 356 g/mol. The Labute approximate surface area is 143 Å². The van der Waals surface area contributed by atoms with Gasteiger partial charge in [0, 0.05) is 6.20 Å². The summed E-state index contributed by atoms with van der Waals surface area (Å²) in [6.07, 6.45) is 2.34. The molecule has 23 heavy (non-hydrogen) atoms. The lowest BCUT2D eigenvalue weighted by atomic mass is 10.2. The number of anilines is 1. The smallest absolute Gasteiger partial charge is 0.277 e.